The quantitative estimate of drug-likeness (QED) is 0.626. The molecule has 1 saturated carbocycles. The van der Waals surface area contributed by atoms with Crippen LogP contribution in [0.1, 0.15) is 45.4 Å². The average molecular weight is 354 g/mol. The number of carbonyl (C=O) groups is 1. The van der Waals surface area contributed by atoms with Crippen LogP contribution in [0.3, 0.4) is 0 Å². The zero-order valence-electron chi connectivity index (χ0n) is 12.8. The van der Waals surface area contributed by atoms with Gasteiger partial charge in [-0.1, -0.05) is 42.1 Å². The van der Waals surface area contributed by atoms with Crippen LogP contribution in [-0.4, -0.2) is 18.6 Å². The van der Waals surface area contributed by atoms with Crippen molar-refractivity contribution in [2.24, 2.45) is 5.92 Å². The first-order valence-corrected chi connectivity index (χ1v) is 8.51. The predicted molar refractivity (Wildman–Crippen MR) is 89.4 cm³/mol. The van der Waals surface area contributed by atoms with E-state index in [0.717, 1.165) is 41.8 Å². The number of methoxy groups -OCH3 is 1. The lowest BCUT2D eigenvalue weighted by Crippen LogP contribution is -2.46. The predicted octanol–water partition coefficient (Wildman–Crippen LogP) is 4.76. The standard InChI is InChI=1S/C17H24BrNO2/c1-3-13-5-4-11-17(12-10-13,16(20)21-2)19-15-8-6-14(18)7-9-15/h6-9,13,19H,3-5,10-12H2,1-2H3. The van der Waals surface area contributed by atoms with Gasteiger partial charge in [0.15, 0.2) is 0 Å². The second kappa shape index (κ2) is 7.30. The van der Waals surface area contributed by atoms with Crippen molar-refractivity contribution >= 4 is 27.6 Å². The molecule has 0 aliphatic heterocycles. The molecule has 0 saturated heterocycles. The number of rotatable bonds is 4. The minimum atomic E-state index is -0.577. The zero-order chi connectivity index (χ0) is 15.3. The van der Waals surface area contributed by atoms with Crippen LogP contribution in [0.5, 0.6) is 0 Å². The first-order valence-electron chi connectivity index (χ1n) is 7.72. The topological polar surface area (TPSA) is 38.3 Å². The van der Waals surface area contributed by atoms with E-state index in [1.807, 2.05) is 24.3 Å². The molecule has 0 bridgehead atoms. The molecule has 1 N–H and O–H groups in total. The summed E-state index contributed by atoms with van der Waals surface area (Å²) in [4.78, 5) is 12.4. The highest BCUT2D eigenvalue weighted by molar-refractivity contribution is 9.10. The number of benzene rings is 1. The van der Waals surface area contributed by atoms with Crippen molar-refractivity contribution in [3.63, 3.8) is 0 Å². The molecule has 1 aliphatic carbocycles. The molecule has 116 valence electrons. The maximum Gasteiger partial charge on any atom is 0.331 e. The summed E-state index contributed by atoms with van der Waals surface area (Å²) in [7, 11) is 1.48. The van der Waals surface area contributed by atoms with E-state index in [1.165, 1.54) is 20.0 Å². The highest BCUT2D eigenvalue weighted by Gasteiger charge is 2.40. The minimum Gasteiger partial charge on any atom is -0.467 e. The lowest BCUT2D eigenvalue weighted by atomic mass is 9.88. The first-order chi connectivity index (χ1) is 10.1. The van der Waals surface area contributed by atoms with Gasteiger partial charge in [0.05, 0.1) is 7.11 Å². The Morgan fingerprint density at radius 3 is 2.67 bits per heavy atom. The van der Waals surface area contributed by atoms with Gasteiger partial charge < -0.3 is 10.1 Å². The molecule has 0 heterocycles. The number of halogens is 1. The van der Waals surface area contributed by atoms with Crippen LogP contribution >= 0.6 is 15.9 Å². The third kappa shape index (κ3) is 4.00. The SMILES string of the molecule is CCC1CCCC(Nc2ccc(Br)cc2)(C(=O)OC)CC1. The molecule has 4 heteroatoms. The van der Waals surface area contributed by atoms with Crippen LogP contribution in [0.15, 0.2) is 28.7 Å². The van der Waals surface area contributed by atoms with E-state index in [1.54, 1.807) is 0 Å². The van der Waals surface area contributed by atoms with Crippen LogP contribution in [0.25, 0.3) is 0 Å². The fraction of sp³-hybridized carbons (Fsp3) is 0.588. The summed E-state index contributed by atoms with van der Waals surface area (Å²) in [5, 5.41) is 3.46. The van der Waals surface area contributed by atoms with Crippen molar-refractivity contribution in [1.82, 2.24) is 0 Å². The van der Waals surface area contributed by atoms with Gasteiger partial charge >= 0.3 is 5.97 Å². The number of anilines is 1. The van der Waals surface area contributed by atoms with Crippen LogP contribution < -0.4 is 5.32 Å². The summed E-state index contributed by atoms with van der Waals surface area (Å²) in [5.41, 5.74) is 0.394. The lowest BCUT2D eigenvalue weighted by molar-refractivity contribution is -0.146. The molecule has 1 aromatic rings. The Labute approximate surface area is 135 Å². The monoisotopic (exact) mass is 353 g/mol. The summed E-state index contributed by atoms with van der Waals surface area (Å²) < 4.78 is 6.14. The Hall–Kier alpha value is -1.03. The van der Waals surface area contributed by atoms with Crippen LogP contribution in [0.2, 0.25) is 0 Å². The van der Waals surface area contributed by atoms with Crippen molar-refractivity contribution in [3.8, 4) is 0 Å². The molecule has 0 radical (unpaired) electrons. The molecule has 0 amide bonds. The first kappa shape index (κ1) is 16.3. The van der Waals surface area contributed by atoms with Gasteiger partial charge in [0.25, 0.3) is 0 Å². The Kier molecular flexibility index (Phi) is 5.68. The Morgan fingerprint density at radius 2 is 2.05 bits per heavy atom. The summed E-state index contributed by atoms with van der Waals surface area (Å²) in [6.45, 7) is 2.23. The number of hydrogen-bond acceptors (Lipinski definition) is 3. The van der Waals surface area contributed by atoms with Crippen molar-refractivity contribution in [2.45, 2.75) is 51.0 Å². The van der Waals surface area contributed by atoms with Gasteiger partial charge in [-0.25, -0.2) is 4.79 Å². The van der Waals surface area contributed by atoms with E-state index in [4.69, 9.17) is 4.74 Å². The van der Waals surface area contributed by atoms with E-state index in [0.29, 0.717) is 0 Å². The second-order valence-corrected chi connectivity index (χ2v) is 6.83. The number of esters is 1. The molecule has 1 aromatic carbocycles. The zero-order valence-corrected chi connectivity index (χ0v) is 14.4. The second-order valence-electron chi connectivity index (χ2n) is 5.91. The molecule has 1 aliphatic rings. The molecule has 0 spiro atoms. The summed E-state index contributed by atoms with van der Waals surface area (Å²) in [5.74, 6) is 0.588. The third-order valence-electron chi connectivity index (χ3n) is 4.58. The molecular weight excluding hydrogens is 330 g/mol. The largest absolute Gasteiger partial charge is 0.467 e. The van der Waals surface area contributed by atoms with E-state index < -0.39 is 5.54 Å². The summed E-state index contributed by atoms with van der Waals surface area (Å²) >= 11 is 3.44. The molecule has 21 heavy (non-hydrogen) atoms. The molecule has 2 rings (SSSR count). The maximum absolute atomic E-state index is 12.4. The van der Waals surface area contributed by atoms with Crippen LogP contribution in [0.4, 0.5) is 5.69 Å². The van der Waals surface area contributed by atoms with Gasteiger partial charge in [0.2, 0.25) is 0 Å². The van der Waals surface area contributed by atoms with Crippen molar-refractivity contribution in [3.05, 3.63) is 28.7 Å². The summed E-state index contributed by atoms with van der Waals surface area (Å²) in [6, 6.07) is 7.96. The number of carbonyl (C=O) groups excluding carboxylic acids is 1. The molecule has 2 atom stereocenters. The van der Waals surface area contributed by atoms with Crippen molar-refractivity contribution in [2.75, 3.05) is 12.4 Å². The van der Waals surface area contributed by atoms with Gasteiger partial charge in [0.1, 0.15) is 5.54 Å². The lowest BCUT2D eigenvalue weighted by Gasteiger charge is -2.32. The van der Waals surface area contributed by atoms with E-state index >= 15 is 0 Å². The molecular formula is C17H24BrNO2. The molecule has 0 aromatic heterocycles. The van der Waals surface area contributed by atoms with Crippen LogP contribution in [0, 0.1) is 5.92 Å². The van der Waals surface area contributed by atoms with E-state index in [-0.39, 0.29) is 5.97 Å². The van der Waals surface area contributed by atoms with Gasteiger partial charge in [0, 0.05) is 10.2 Å². The Morgan fingerprint density at radius 1 is 1.33 bits per heavy atom. The highest BCUT2D eigenvalue weighted by Crippen LogP contribution is 2.35. The Bertz CT molecular complexity index is 474. The normalized spacial score (nSPS) is 26.0. The summed E-state index contributed by atoms with van der Waals surface area (Å²) in [6.07, 6.45) is 6.22. The third-order valence-corrected chi connectivity index (χ3v) is 5.11. The number of ether oxygens (including phenoxy) is 1. The van der Waals surface area contributed by atoms with E-state index in [9.17, 15) is 4.79 Å². The maximum atomic E-state index is 12.4. The molecule has 2 unspecified atom stereocenters. The van der Waals surface area contributed by atoms with E-state index in [2.05, 4.69) is 28.2 Å². The van der Waals surface area contributed by atoms with Gasteiger partial charge in [-0.15, -0.1) is 0 Å². The van der Waals surface area contributed by atoms with Crippen LogP contribution in [-0.2, 0) is 9.53 Å². The van der Waals surface area contributed by atoms with Crippen molar-refractivity contribution in [1.29, 1.82) is 0 Å². The fourth-order valence-electron chi connectivity index (χ4n) is 3.21. The molecule has 3 nitrogen and oxygen atoms in total. The fourth-order valence-corrected chi connectivity index (χ4v) is 3.47. The van der Waals surface area contributed by atoms with Gasteiger partial charge in [-0.05, 0) is 49.4 Å². The smallest absolute Gasteiger partial charge is 0.331 e. The van der Waals surface area contributed by atoms with Crippen molar-refractivity contribution < 1.29 is 9.53 Å². The Balaban J connectivity index is 2.20. The number of hydrogen-bond donors (Lipinski definition) is 1. The minimum absolute atomic E-state index is 0.137. The number of nitrogens with one attached hydrogen (secondary N) is 1. The van der Waals surface area contributed by atoms with Gasteiger partial charge in [-0.2, -0.15) is 0 Å². The molecule has 1 fully saturated rings. The highest BCUT2D eigenvalue weighted by atomic mass is 79.9. The van der Waals surface area contributed by atoms with Gasteiger partial charge in [-0.3, -0.25) is 0 Å². The average Bonchev–Trinajstić information content (AvgIpc) is 2.72.